The minimum atomic E-state index is 0.274. The van der Waals surface area contributed by atoms with Gasteiger partial charge in [0.05, 0.1) is 12.8 Å². The number of halogens is 1. The molecule has 5 heteroatoms. The van der Waals surface area contributed by atoms with Crippen molar-refractivity contribution in [3.8, 4) is 5.75 Å². The average Bonchev–Trinajstić information content (AvgIpc) is 2.86. The summed E-state index contributed by atoms with van der Waals surface area (Å²) in [6.45, 7) is 5.02. The summed E-state index contributed by atoms with van der Waals surface area (Å²) in [5, 5.41) is 8.94. The number of aryl methyl sites for hydroxylation is 1. The van der Waals surface area contributed by atoms with Crippen LogP contribution in [0.2, 0.25) is 5.02 Å². The van der Waals surface area contributed by atoms with Crippen LogP contribution in [-0.4, -0.2) is 22.1 Å². The van der Waals surface area contributed by atoms with Crippen LogP contribution in [0.25, 0.3) is 0 Å². The van der Waals surface area contributed by atoms with Crippen molar-refractivity contribution in [2.45, 2.75) is 32.7 Å². The molecule has 1 aromatic carbocycles. The second-order valence-electron chi connectivity index (χ2n) is 4.56. The fourth-order valence-electron chi connectivity index (χ4n) is 2.10. The Morgan fingerprint density at radius 1 is 1.42 bits per heavy atom. The number of nitrogens with zero attached hydrogens (tertiary/aromatic N) is 3. The van der Waals surface area contributed by atoms with Crippen LogP contribution in [0, 0.1) is 0 Å². The van der Waals surface area contributed by atoms with E-state index in [1.54, 1.807) is 7.11 Å². The Morgan fingerprint density at radius 3 is 2.84 bits per heavy atom. The van der Waals surface area contributed by atoms with Crippen LogP contribution in [-0.2, 0) is 13.0 Å². The first-order chi connectivity index (χ1) is 9.13. The molecule has 1 aromatic heterocycles. The Labute approximate surface area is 118 Å². The summed E-state index contributed by atoms with van der Waals surface area (Å²) >= 11 is 6.06. The zero-order valence-corrected chi connectivity index (χ0v) is 12.2. The summed E-state index contributed by atoms with van der Waals surface area (Å²) < 4.78 is 7.22. The van der Waals surface area contributed by atoms with Gasteiger partial charge in [-0.3, -0.25) is 4.68 Å². The number of methoxy groups -OCH3 is 1. The predicted molar refractivity (Wildman–Crippen MR) is 75.8 cm³/mol. The molecule has 0 radical (unpaired) electrons. The highest BCUT2D eigenvalue weighted by molar-refractivity contribution is 6.30. The van der Waals surface area contributed by atoms with E-state index in [2.05, 4.69) is 17.2 Å². The first kappa shape index (κ1) is 13.9. The van der Waals surface area contributed by atoms with E-state index in [-0.39, 0.29) is 5.92 Å². The van der Waals surface area contributed by atoms with Crippen LogP contribution in [0.5, 0.6) is 5.75 Å². The molecule has 0 N–H and O–H groups in total. The first-order valence-electron chi connectivity index (χ1n) is 6.36. The number of ether oxygens (including phenoxy) is 1. The Bertz CT molecular complexity index is 553. The molecule has 19 heavy (non-hydrogen) atoms. The largest absolute Gasteiger partial charge is 0.496 e. The first-order valence-corrected chi connectivity index (χ1v) is 6.74. The summed E-state index contributed by atoms with van der Waals surface area (Å²) in [7, 11) is 1.67. The maximum absolute atomic E-state index is 6.06. The van der Waals surface area contributed by atoms with Crippen molar-refractivity contribution in [1.82, 2.24) is 15.0 Å². The molecule has 0 spiro atoms. The van der Waals surface area contributed by atoms with Gasteiger partial charge in [-0.1, -0.05) is 23.7 Å². The molecule has 1 atom stereocenters. The van der Waals surface area contributed by atoms with Crippen molar-refractivity contribution in [3.05, 3.63) is 40.7 Å². The fourth-order valence-corrected chi connectivity index (χ4v) is 2.28. The SMILES string of the molecule is CCn1cc(CC(C)c2cc(Cl)ccc2OC)nn1. The highest BCUT2D eigenvalue weighted by Gasteiger charge is 2.14. The molecule has 0 amide bonds. The topological polar surface area (TPSA) is 39.9 Å². The quantitative estimate of drug-likeness (QED) is 0.843. The van der Waals surface area contributed by atoms with Crippen molar-refractivity contribution in [2.75, 3.05) is 7.11 Å². The lowest BCUT2D eigenvalue weighted by Crippen LogP contribution is -2.02. The van der Waals surface area contributed by atoms with Crippen LogP contribution < -0.4 is 4.74 Å². The summed E-state index contributed by atoms with van der Waals surface area (Å²) in [6.07, 6.45) is 2.80. The van der Waals surface area contributed by atoms with E-state index in [4.69, 9.17) is 16.3 Å². The Morgan fingerprint density at radius 2 is 2.21 bits per heavy atom. The average molecular weight is 280 g/mol. The van der Waals surface area contributed by atoms with E-state index in [0.717, 1.165) is 35.0 Å². The lowest BCUT2D eigenvalue weighted by Gasteiger charge is -2.14. The van der Waals surface area contributed by atoms with Gasteiger partial charge in [-0.25, -0.2) is 0 Å². The maximum Gasteiger partial charge on any atom is 0.122 e. The number of hydrogen-bond acceptors (Lipinski definition) is 3. The monoisotopic (exact) mass is 279 g/mol. The van der Waals surface area contributed by atoms with E-state index >= 15 is 0 Å². The van der Waals surface area contributed by atoms with Crippen molar-refractivity contribution >= 4 is 11.6 Å². The number of rotatable bonds is 5. The van der Waals surface area contributed by atoms with E-state index in [1.807, 2.05) is 36.0 Å². The van der Waals surface area contributed by atoms with Gasteiger partial charge < -0.3 is 4.74 Å². The number of hydrogen-bond donors (Lipinski definition) is 0. The molecule has 0 fully saturated rings. The molecule has 0 aliphatic heterocycles. The molecule has 2 aromatic rings. The summed E-state index contributed by atoms with van der Waals surface area (Å²) in [6, 6.07) is 5.69. The molecule has 0 saturated carbocycles. The molecule has 0 bridgehead atoms. The van der Waals surface area contributed by atoms with Crippen molar-refractivity contribution < 1.29 is 4.74 Å². The van der Waals surface area contributed by atoms with Crippen molar-refractivity contribution in [3.63, 3.8) is 0 Å². The molecular formula is C14H18ClN3O. The van der Waals surface area contributed by atoms with Gasteiger partial charge >= 0.3 is 0 Å². The second-order valence-corrected chi connectivity index (χ2v) is 4.99. The van der Waals surface area contributed by atoms with Crippen LogP contribution in [0.3, 0.4) is 0 Å². The van der Waals surface area contributed by atoms with Gasteiger partial charge in [-0.15, -0.1) is 5.10 Å². The molecule has 0 saturated heterocycles. The van der Waals surface area contributed by atoms with E-state index in [1.165, 1.54) is 0 Å². The molecule has 102 valence electrons. The fraction of sp³-hybridized carbons (Fsp3) is 0.429. The third-order valence-corrected chi connectivity index (χ3v) is 3.38. The summed E-state index contributed by atoms with van der Waals surface area (Å²) in [5.74, 6) is 1.13. The van der Waals surface area contributed by atoms with Gasteiger partial charge in [0.15, 0.2) is 0 Å². The van der Waals surface area contributed by atoms with Gasteiger partial charge in [0.25, 0.3) is 0 Å². The molecule has 2 rings (SSSR count). The highest BCUT2D eigenvalue weighted by Crippen LogP contribution is 2.31. The maximum atomic E-state index is 6.06. The normalized spacial score (nSPS) is 12.4. The van der Waals surface area contributed by atoms with E-state index in [9.17, 15) is 0 Å². The minimum Gasteiger partial charge on any atom is -0.496 e. The van der Waals surface area contributed by atoms with E-state index in [0.29, 0.717) is 0 Å². The molecule has 1 heterocycles. The number of aromatic nitrogens is 3. The van der Waals surface area contributed by atoms with Gasteiger partial charge in [-0.2, -0.15) is 0 Å². The summed E-state index contributed by atoms with van der Waals surface area (Å²) in [5.41, 5.74) is 2.08. The molecular weight excluding hydrogens is 262 g/mol. The standard InChI is InChI=1S/C14H18ClN3O/c1-4-18-9-12(16-17-18)7-10(2)13-8-11(15)5-6-14(13)19-3/h5-6,8-10H,4,7H2,1-3H3. The van der Waals surface area contributed by atoms with Gasteiger partial charge in [0, 0.05) is 17.8 Å². The lowest BCUT2D eigenvalue weighted by molar-refractivity contribution is 0.406. The molecule has 4 nitrogen and oxygen atoms in total. The van der Waals surface area contributed by atoms with Gasteiger partial charge in [0.2, 0.25) is 0 Å². The molecule has 0 aliphatic carbocycles. The van der Waals surface area contributed by atoms with Gasteiger partial charge in [-0.05, 0) is 43.0 Å². The second kappa shape index (κ2) is 6.06. The van der Waals surface area contributed by atoms with Crippen molar-refractivity contribution in [1.29, 1.82) is 0 Å². The van der Waals surface area contributed by atoms with Gasteiger partial charge in [0.1, 0.15) is 5.75 Å². The summed E-state index contributed by atoms with van der Waals surface area (Å²) in [4.78, 5) is 0. The highest BCUT2D eigenvalue weighted by atomic mass is 35.5. The third-order valence-electron chi connectivity index (χ3n) is 3.15. The number of benzene rings is 1. The Kier molecular flexibility index (Phi) is 4.43. The van der Waals surface area contributed by atoms with Crippen LogP contribution in [0.1, 0.15) is 31.0 Å². The van der Waals surface area contributed by atoms with E-state index < -0.39 is 0 Å². The predicted octanol–water partition coefficient (Wildman–Crippen LogP) is 3.31. The van der Waals surface area contributed by atoms with Crippen LogP contribution in [0.15, 0.2) is 24.4 Å². The van der Waals surface area contributed by atoms with Crippen LogP contribution in [0.4, 0.5) is 0 Å². The molecule has 1 unspecified atom stereocenters. The third kappa shape index (κ3) is 3.26. The minimum absolute atomic E-state index is 0.274. The molecule has 0 aliphatic rings. The smallest absolute Gasteiger partial charge is 0.122 e. The Hall–Kier alpha value is -1.55. The van der Waals surface area contributed by atoms with Crippen LogP contribution >= 0.6 is 11.6 Å². The van der Waals surface area contributed by atoms with Crippen molar-refractivity contribution in [2.24, 2.45) is 0 Å². The zero-order valence-electron chi connectivity index (χ0n) is 11.4. The Balaban J connectivity index is 2.19. The lowest BCUT2D eigenvalue weighted by atomic mass is 9.95. The zero-order chi connectivity index (χ0) is 13.8.